The first-order valence-corrected chi connectivity index (χ1v) is 7.10. The topological polar surface area (TPSA) is 17.1 Å². The fraction of sp³-hybridized carbons (Fsp3) is 0.625. The van der Waals surface area contributed by atoms with Crippen LogP contribution in [0.25, 0.3) is 0 Å². The van der Waals surface area contributed by atoms with E-state index in [9.17, 15) is 4.79 Å². The van der Waals surface area contributed by atoms with Crippen LogP contribution in [0.5, 0.6) is 0 Å². The van der Waals surface area contributed by atoms with Crippen LogP contribution in [0.4, 0.5) is 0 Å². The summed E-state index contributed by atoms with van der Waals surface area (Å²) in [6.45, 7) is 10.7. The van der Waals surface area contributed by atoms with Crippen LogP contribution in [0.15, 0.2) is 11.8 Å². The standard InChI is InChI=1S/C8H16OSi/c1-8(6-5-7-9)10(2,3)4/h7H,1,5-6H2,2-4H3. The zero-order chi connectivity index (χ0) is 8.20. The maximum atomic E-state index is 10.0. The van der Waals surface area contributed by atoms with E-state index < -0.39 is 8.07 Å². The Balaban J connectivity index is 3.74. The zero-order valence-electron chi connectivity index (χ0n) is 7.11. The molecule has 0 unspecified atom stereocenters. The van der Waals surface area contributed by atoms with Crippen LogP contribution in [-0.2, 0) is 4.79 Å². The molecule has 0 aliphatic carbocycles. The molecule has 0 bridgehead atoms. The molecule has 0 radical (unpaired) electrons. The van der Waals surface area contributed by atoms with E-state index in [-0.39, 0.29) is 0 Å². The van der Waals surface area contributed by atoms with Gasteiger partial charge in [0.05, 0.1) is 8.07 Å². The molecule has 0 rings (SSSR count). The Kier molecular flexibility index (Phi) is 3.57. The highest BCUT2D eigenvalue weighted by atomic mass is 28.3. The molecule has 0 fully saturated rings. The summed E-state index contributed by atoms with van der Waals surface area (Å²) in [6.07, 6.45) is 2.49. The third kappa shape index (κ3) is 3.61. The van der Waals surface area contributed by atoms with Crippen LogP contribution in [0, 0.1) is 0 Å². The van der Waals surface area contributed by atoms with Crippen molar-refractivity contribution in [2.75, 3.05) is 0 Å². The summed E-state index contributed by atoms with van der Waals surface area (Å²) in [7, 11) is -1.15. The van der Waals surface area contributed by atoms with Crippen molar-refractivity contribution >= 4 is 14.4 Å². The predicted octanol–water partition coefficient (Wildman–Crippen LogP) is 2.40. The van der Waals surface area contributed by atoms with Gasteiger partial charge >= 0.3 is 0 Å². The molecule has 0 saturated carbocycles. The molecule has 0 aliphatic rings. The number of carbonyl (C=O) groups is 1. The average molecular weight is 156 g/mol. The second kappa shape index (κ2) is 3.71. The van der Waals surface area contributed by atoms with Crippen LogP contribution >= 0.6 is 0 Å². The van der Waals surface area contributed by atoms with Crippen LogP contribution in [0.1, 0.15) is 12.8 Å². The first-order valence-electron chi connectivity index (χ1n) is 3.60. The lowest BCUT2D eigenvalue weighted by Gasteiger charge is -2.18. The van der Waals surface area contributed by atoms with Gasteiger partial charge in [-0.1, -0.05) is 24.8 Å². The number of aldehydes is 1. The van der Waals surface area contributed by atoms with Gasteiger partial charge in [-0.3, -0.25) is 0 Å². The summed E-state index contributed by atoms with van der Waals surface area (Å²) in [5, 5.41) is 1.29. The number of rotatable bonds is 4. The first-order chi connectivity index (χ1) is 4.48. The van der Waals surface area contributed by atoms with Crippen LogP contribution < -0.4 is 0 Å². The molecular weight excluding hydrogens is 140 g/mol. The van der Waals surface area contributed by atoms with Gasteiger partial charge in [0.25, 0.3) is 0 Å². The molecule has 58 valence electrons. The van der Waals surface area contributed by atoms with E-state index in [0.717, 1.165) is 12.7 Å². The molecule has 0 atom stereocenters. The molecule has 0 saturated heterocycles. The van der Waals surface area contributed by atoms with E-state index in [1.165, 1.54) is 5.20 Å². The smallest absolute Gasteiger partial charge is 0.120 e. The number of carbonyl (C=O) groups excluding carboxylic acids is 1. The van der Waals surface area contributed by atoms with E-state index in [0.29, 0.717) is 6.42 Å². The number of hydrogen-bond donors (Lipinski definition) is 0. The molecule has 0 aromatic carbocycles. The molecule has 0 aromatic rings. The third-order valence-electron chi connectivity index (χ3n) is 1.62. The highest BCUT2D eigenvalue weighted by Gasteiger charge is 2.16. The Morgan fingerprint density at radius 2 is 2.00 bits per heavy atom. The minimum absolute atomic E-state index is 0.642. The van der Waals surface area contributed by atoms with E-state index in [2.05, 4.69) is 26.2 Å². The van der Waals surface area contributed by atoms with E-state index >= 15 is 0 Å². The Labute approximate surface area is 64.1 Å². The minimum Gasteiger partial charge on any atom is -0.303 e. The second-order valence-corrected chi connectivity index (χ2v) is 8.77. The normalized spacial score (nSPS) is 11.1. The monoisotopic (exact) mass is 156 g/mol. The lowest BCUT2D eigenvalue weighted by atomic mass is 10.3. The molecule has 2 heteroatoms. The van der Waals surface area contributed by atoms with Crippen LogP contribution in [0.2, 0.25) is 19.6 Å². The van der Waals surface area contributed by atoms with E-state index in [1.807, 2.05) is 0 Å². The van der Waals surface area contributed by atoms with Crippen molar-refractivity contribution in [2.45, 2.75) is 32.5 Å². The van der Waals surface area contributed by atoms with Crippen molar-refractivity contribution < 1.29 is 4.79 Å². The van der Waals surface area contributed by atoms with Gasteiger partial charge in [-0.05, 0) is 6.42 Å². The molecular formula is C8H16OSi. The summed E-state index contributed by atoms with van der Waals surface area (Å²) in [5.41, 5.74) is 0. The van der Waals surface area contributed by atoms with Gasteiger partial charge in [0.1, 0.15) is 6.29 Å². The third-order valence-corrected chi connectivity index (χ3v) is 4.00. The zero-order valence-corrected chi connectivity index (χ0v) is 8.11. The Morgan fingerprint density at radius 1 is 1.50 bits per heavy atom. The van der Waals surface area contributed by atoms with Crippen molar-refractivity contribution in [1.82, 2.24) is 0 Å². The highest BCUT2D eigenvalue weighted by Crippen LogP contribution is 2.16. The Bertz CT molecular complexity index is 133. The maximum absolute atomic E-state index is 10.0. The van der Waals surface area contributed by atoms with Gasteiger partial charge in [-0.2, -0.15) is 0 Å². The fourth-order valence-corrected chi connectivity index (χ4v) is 1.50. The molecule has 0 aromatic heterocycles. The second-order valence-electron chi connectivity index (χ2n) is 3.56. The van der Waals surface area contributed by atoms with Crippen molar-refractivity contribution in [3.63, 3.8) is 0 Å². The minimum atomic E-state index is -1.15. The quantitative estimate of drug-likeness (QED) is 0.451. The van der Waals surface area contributed by atoms with Crippen LogP contribution in [0.3, 0.4) is 0 Å². The molecule has 0 heterocycles. The largest absolute Gasteiger partial charge is 0.303 e. The fourth-order valence-electron chi connectivity index (χ4n) is 0.608. The van der Waals surface area contributed by atoms with E-state index in [1.54, 1.807) is 0 Å². The van der Waals surface area contributed by atoms with Gasteiger partial charge < -0.3 is 4.79 Å². The predicted molar refractivity (Wildman–Crippen MR) is 47.8 cm³/mol. The lowest BCUT2D eigenvalue weighted by Crippen LogP contribution is -2.23. The number of allylic oxidation sites excluding steroid dienone is 1. The summed E-state index contributed by atoms with van der Waals surface area (Å²) < 4.78 is 0. The Morgan fingerprint density at radius 3 is 2.30 bits per heavy atom. The van der Waals surface area contributed by atoms with Gasteiger partial charge in [0, 0.05) is 6.42 Å². The summed E-state index contributed by atoms with van der Waals surface area (Å²) in [4.78, 5) is 10.0. The molecule has 0 amide bonds. The molecule has 10 heavy (non-hydrogen) atoms. The van der Waals surface area contributed by atoms with Gasteiger partial charge in [-0.25, -0.2) is 0 Å². The van der Waals surface area contributed by atoms with Crippen molar-refractivity contribution in [2.24, 2.45) is 0 Å². The Hall–Kier alpha value is -0.373. The first kappa shape index (κ1) is 9.63. The van der Waals surface area contributed by atoms with Crippen molar-refractivity contribution in [3.05, 3.63) is 11.8 Å². The summed E-state index contributed by atoms with van der Waals surface area (Å²) >= 11 is 0. The SMILES string of the molecule is C=C(CCC=O)[Si](C)(C)C. The molecule has 1 nitrogen and oxygen atoms in total. The highest BCUT2D eigenvalue weighted by molar-refractivity contribution is 6.82. The molecule has 0 N–H and O–H groups in total. The van der Waals surface area contributed by atoms with Gasteiger partial charge in [0.2, 0.25) is 0 Å². The summed E-state index contributed by atoms with van der Waals surface area (Å²) in [5.74, 6) is 0. The average Bonchev–Trinajstić information content (AvgIpc) is 1.80. The van der Waals surface area contributed by atoms with Gasteiger partial charge in [-0.15, -0.1) is 6.58 Å². The maximum Gasteiger partial charge on any atom is 0.120 e. The van der Waals surface area contributed by atoms with Crippen molar-refractivity contribution in [3.8, 4) is 0 Å². The summed E-state index contributed by atoms with van der Waals surface area (Å²) in [6, 6.07) is 0. The molecule has 0 spiro atoms. The van der Waals surface area contributed by atoms with Crippen LogP contribution in [-0.4, -0.2) is 14.4 Å². The van der Waals surface area contributed by atoms with Crippen molar-refractivity contribution in [1.29, 1.82) is 0 Å². The number of hydrogen-bond acceptors (Lipinski definition) is 1. The lowest BCUT2D eigenvalue weighted by molar-refractivity contribution is -0.107. The van der Waals surface area contributed by atoms with E-state index in [4.69, 9.17) is 0 Å². The molecule has 0 aliphatic heterocycles. The van der Waals surface area contributed by atoms with Gasteiger partial charge in [0.15, 0.2) is 0 Å².